The van der Waals surface area contributed by atoms with E-state index in [0.29, 0.717) is 17.3 Å². The van der Waals surface area contributed by atoms with E-state index in [0.717, 1.165) is 19.7 Å². The van der Waals surface area contributed by atoms with E-state index in [9.17, 15) is 0 Å². The Kier molecular flexibility index (Phi) is 3.83. The minimum Gasteiger partial charge on any atom is -0.375 e. The molecule has 18 heavy (non-hydrogen) atoms. The van der Waals surface area contributed by atoms with E-state index in [-0.39, 0.29) is 0 Å². The molecule has 4 heteroatoms. The lowest BCUT2D eigenvalue weighted by Gasteiger charge is -2.43. The van der Waals surface area contributed by atoms with Crippen molar-refractivity contribution in [1.82, 2.24) is 9.88 Å². The summed E-state index contributed by atoms with van der Waals surface area (Å²) >= 11 is 5.95. The number of pyridine rings is 1. The van der Waals surface area contributed by atoms with Crippen LogP contribution in [0.1, 0.15) is 31.2 Å². The molecule has 3 rings (SSSR count). The molecule has 0 aromatic carbocycles. The van der Waals surface area contributed by atoms with Gasteiger partial charge in [-0.2, -0.15) is 0 Å². The van der Waals surface area contributed by atoms with Gasteiger partial charge in [-0.3, -0.25) is 4.90 Å². The van der Waals surface area contributed by atoms with E-state index >= 15 is 0 Å². The first-order valence-electron chi connectivity index (χ1n) is 6.79. The fraction of sp³-hybridized carbons (Fsp3) is 0.643. The fourth-order valence-electron chi connectivity index (χ4n) is 3.15. The molecule has 2 fully saturated rings. The Labute approximate surface area is 113 Å². The molecule has 1 aromatic rings. The Balaban J connectivity index is 1.71. The summed E-state index contributed by atoms with van der Waals surface area (Å²) in [6, 6.07) is 4.62. The molecule has 1 saturated carbocycles. The van der Waals surface area contributed by atoms with Gasteiger partial charge in [-0.05, 0) is 30.5 Å². The van der Waals surface area contributed by atoms with Gasteiger partial charge < -0.3 is 4.74 Å². The molecule has 0 radical (unpaired) electrons. The number of ether oxygens (including phenoxy) is 1. The smallest absolute Gasteiger partial charge is 0.129 e. The van der Waals surface area contributed by atoms with Crippen LogP contribution in [0.5, 0.6) is 0 Å². The van der Waals surface area contributed by atoms with Gasteiger partial charge in [-0.1, -0.05) is 24.4 Å². The minimum absolute atomic E-state index is 0.449. The van der Waals surface area contributed by atoms with E-state index in [1.54, 1.807) is 6.20 Å². The van der Waals surface area contributed by atoms with E-state index < -0.39 is 0 Å². The average molecular weight is 267 g/mol. The van der Waals surface area contributed by atoms with Crippen molar-refractivity contribution in [3.63, 3.8) is 0 Å². The van der Waals surface area contributed by atoms with E-state index in [2.05, 4.69) is 16.0 Å². The molecule has 2 atom stereocenters. The van der Waals surface area contributed by atoms with Crippen molar-refractivity contribution in [2.75, 3.05) is 13.2 Å². The Hall–Kier alpha value is -0.640. The number of rotatable bonds is 2. The van der Waals surface area contributed by atoms with Crippen molar-refractivity contribution in [3.8, 4) is 0 Å². The number of fused-ring (bicyclic) bond motifs is 1. The second-order valence-electron chi connectivity index (χ2n) is 5.22. The zero-order valence-electron chi connectivity index (χ0n) is 10.5. The van der Waals surface area contributed by atoms with Gasteiger partial charge in [0.15, 0.2) is 0 Å². The van der Waals surface area contributed by atoms with Crippen molar-refractivity contribution < 1.29 is 4.74 Å². The van der Waals surface area contributed by atoms with Crippen molar-refractivity contribution in [2.24, 2.45) is 0 Å². The molecule has 1 aliphatic carbocycles. The summed E-state index contributed by atoms with van der Waals surface area (Å²) in [5.74, 6) is 0. The van der Waals surface area contributed by atoms with Crippen molar-refractivity contribution in [2.45, 2.75) is 44.4 Å². The molecule has 0 bridgehead atoms. The number of aromatic nitrogens is 1. The number of hydrogen-bond donors (Lipinski definition) is 0. The number of nitrogens with zero attached hydrogens (tertiary/aromatic N) is 2. The molecule has 2 aliphatic rings. The molecular weight excluding hydrogens is 248 g/mol. The van der Waals surface area contributed by atoms with Crippen LogP contribution in [0.25, 0.3) is 0 Å². The molecule has 3 nitrogen and oxygen atoms in total. The van der Waals surface area contributed by atoms with Gasteiger partial charge in [-0.15, -0.1) is 0 Å². The standard InChI is InChI=1S/C14H19ClN2O/c15-14-9-11(5-6-16-14)10-17-7-8-18-13-4-2-1-3-12(13)17/h5-6,9,12-13H,1-4,7-8,10H2. The monoisotopic (exact) mass is 266 g/mol. The van der Waals surface area contributed by atoms with Crippen molar-refractivity contribution in [3.05, 3.63) is 29.0 Å². The predicted octanol–water partition coefficient (Wildman–Crippen LogP) is 2.88. The fourth-order valence-corrected chi connectivity index (χ4v) is 3.34. The highest BCUT2D eigenvalue weighted by Crippen LogP contribution is 2.29. The molecule has 98 valence electrons. The SMILES string of the molecule is Clc1cc(CN2CCOC3CCCCC32)ccn1. The zero-order valence-corrected chi connectivity index (χ0v) is 11.3. The van der Waals surface area contributed by atoms with Gasteiger partial charge in [0.2, 0.25) is 0 Å². The van der Waals surface area contributed by atoms with Crippen LogP contribution in [0.3, 0.4) is 0 Å². The van der Waals surface area contributed by atoms with Crippen LogP contribution in [0, 0.1) is 0 Å². The first-order chi connectivity index (χ1) is 8.83. The minimum atomic E-state index is 0.449. The van der Waals surface area contributed by atoms with Gasteiger partial charge in [0.05, 0.1) is 12.7 Å². The predicted molar refractivity (Wildman–Crippen MR) is 71.7 cm³/mol. The lowest BCUT2D eigenvalue weighted by atomic mass is 9.90. The highest BCUT2D eigenvalue weighted by molar-refractivity contribution is 6.29. The van der Waals surface area contributed by atoms with Gasteiger partial charge in [0.1, 0.15) is 5.15 Å². The molecular formula is C14H19ClN2O. The molecule has 2 unspecified atom stereocenters. The lowest BCUT2D eigenvalue weighted by molar-refractivity contribution is -0.0911. The highest BCUT2D eigenvalue weighted by atomic mass is 35.5. The molecule has 1 aromatic heterocycles. The largest absolute Gasteiger partial charge is 0.375 e. The van der Waals surface area contributed by atoms with Crippen LogP contribution >= 0.6 is 11.6 Å². The van der Waals surface area contributed by atoms with Crippen molar-refractivity contribution in [1.29, 1.82) is 0 Å². The zero-order chi connectivity index (χ0) is 12.4. The molecule has 0 N–H and O–H groups in total. The summed E-state index contributed by atoms with van der Waals surface area (Å²) in [5, 5.41) is 0.584. The summed E-state index contributed by atoms with van der Waals surface area (Å²) in [4.78, 5) is 6.59. The maximum absolute atomic E-state index is 5.95. The van der Waals surface area contributed by atoms with Crippen LogP contribution in [-0.2, 0) is 11.3 Å². The van der Waals surface area contributed by atoms with Gasteiger partial charge in [0, 0.05) is 25.3 Å². The second-order valence-corrected chi connectivity index (χ2v) is 5.61. The summed E-state index contributed by atoms with van der Waals surface area (Å²) in [6.45, 7) is 2.86. The average Bonchev–Trinajstić information content (AvgIpc) is 2.39. The van der Waals surface area contributed by atoms with E-state index in [4.69, 9.17) is 16.3 Å². The summed E-state index contributed by atoms with van der Waals surface area (Å²) in [6.07, 6.45) is 7.37. The quantitative estimate of drug-likeness (QED) is 0.770. The summed E-state index contributed by atoms with van der Waals surface area (Å²) < 4.78 is 5.89. The summed E-state index contributed by atoms with van der Waals surface area (Å²) in [7, 11) is 0. The maximum atomic E-state index is 5.95. The Morgan fingerprint density at radius 2 is 2.28 bits per heavy atom. The van der Waals surface area contributed by atoms with Crippen LogP contribution < -0.4 is 0 Å². The Bertz CT molecular complexity index is 411. The van der Waals surface area contributed by atoms with Crippen LogP contribution in [-0.4, -0.2) is 35.2 Å². The third-order valence-corrected chi connectivity index (χ3v) is 4.23. The number of halogens is 1. The number of hydrogen-bond acceptors (Lipinski definition) is 3. The molecule has 0 spiro atoms. The summed E-state index contributed by atoms with van der Waals surface area (Å²) in [5.41, 5.74) is 1.25. The third-order valence-electron chi connectivity index (χ3n) is 4.02. The first-order valence-corrected chi connectivity index (χ1v) is 7.17. The van der Waals surface area contributed by atoms with Crippen LogP contribution in [0.4, 0.5) is 0 Å². The molecule has 2 heterocycles. The Morgan fingerprint density at radius 3 is 3.17 bits per heavy atom. The third kappa shape index (κ3) is 2.68. The second kappa shape index (κ2) is 5.55. The van der Waals surface area contributed by atoms with Gasteiger partial charge in [-0.25, -0.2) is 4.98 Å². The molecule has 0 amide bonds. The molecule has 1 aliphatic heterocycles. The van der Waals surface area contributed by atoms with Gasteiger partial charge in [0.25, 0.3) is 0 Å². The maximum Gasteiger partial charge on any atom is 0.129 e. The van der Waals surface area contributed by atoms with Gasteiger partial charge >= 0.3 is 0 Å². The van der Waals surface area contributed by atoms with Crippen molar-refractivity contribution >= 4 is 11.6 Å². The topological polar surface area (TPSA) is 25.4 Å². The Morgan fingerprint density at radius 1 is 1.39 bits per heavy atom. The lowest BCUT2D eigenvalue weighted by Crippen LogP contribution is -2.52. The number of morpholine rings is 1. The van der Waals surface area contributed by atoms with E-state index in [1.165, 1.54) is 31.2 Å². The first kappa shape index (κ1) is 12.4. The normalized spacial score (nSPS) is 28.9. The highest BCUT2D eigenvalue weighted by Gasteiger charge is 2.33. The van der Waals surface area contributed by atoms with E-state index in [1.807, 2.05) is 6.07 Å². The molecule has 1 saturated heterocycles. The van der Waals surface area contributed by atoms with Crippen LogP contribution in [0.2, 0.25) is 5.15 Å². The van der Waals surface area contributed by atoms with Crippen LogP contribution in [0.15, 0.2) is 18.3 Å².